The van der Waals surface area contributed by atoms with Gasteiger partial charge in [-0.25, -0.2) is 0 Å². The maximum absolute atomic E-state index is 12.7. The Hall–Kier alpha value is -0.450. The van der Waals surface area contributed by atoms with Gasteiger partial charge in [-0.2, -0.15) is 0 Å². The van der Waals surface area contributed by atoms with Crippen LogP contribution in [0.4, 0.5) is 0 Å². The molecule has 1 heterocycles. The minimum absolute atomic E-state index is 0.0333. The van der Waals surface area contributed by atoms with Gasteiger partial charge in [-0.1, -0.05) is 13.8 Å². The Balaban J connectivity index is 1.50. The Morgan fingerprint density at radius 2 is 2.04 bits per heavy atom. The summed E-state index contributed by atoms with van der Waals surface area (Å²) < 4.78 is 5.82. The van der Waals surface area contributed by atoms with Gasteiger partial charge < -0.3 is 14.9 Å². The molecule has 2 bridgehead atoms. The van der Waals surface area contributed by atoms with Crippen molar-refractivity contribution in [1.82, 2.24) is 0 Å². The van der Waals surface area contributed by atoms with E-state index in [1.807, 2.05) is 0 Å². The third-order valence-corrected chi connectivity index (χ3v) is 9.49. The van der Waals surface area contributed by atoms with Gasteiger partial charge in [0.1, 0.15) is 11.9 Å². The van der Waals surface area contributed by atoms with Crippen molar-refractivity contribution in [3.05, 3.63) is 0 Å². The summed E-state index contributed by atoms with van der Waals surface area (Å²) >= 11 is 0. The number of carbonyl (C=O) groups is 1. The molecule has 0 aromatic rings. The zero-order valence-corrected chi connectivity index (χ0v) is 15.5. The van der Waals surface area contributed by atoms with E-state index in [0.29, 0.717) is 48.9 Å². The van der Waals surface area contributed by atoms with Crippen molar-refractivity contribution in [3.63, 3.8) is 0 Å². The van der Waals surface area contributed by atoms with E-state index in [0.717, 1.165) is 32.1 Å². The highest BCUT2D eigenvalue weighted by molar-refractivity contribution is 5.84. The molecule has 0 aromatic carbocycles. The van der Waals surface area contributed by atoms with E-state index in [4.69, 9.17) is 4.74 Å². The van der Waals surface area contributed by atoms with Crippen molar-refractivity contribution in [3.8, 4) is 0 Å². The second-order valence-corrected chi connectivity index (χ2v) is 10.1. The minimum atomic E-state index is -1.32. The number of aliphatic hydroxyl groups is 2. The summed E-state index contributed by atoms with van der Waals surface area (Å²) in [5, 5.41) is 21.1. The first-order chi connectivity index (χ1) is 11.8. The Kier molecular flexibility index (Phi) is 3.39. The van der Waals surface area contributed by atoms with Crippen LogP contribution in [0.15, 0.2) is 0 Å². The lowest BCUT2D eigenvalue weighted by atomic mass is 9.44. The van der Waals surface area contributed by atoms with Crippen molar-refractivity contribution in [2.75, 3.05) is 6.61 Å². The average Bonchev–Trinajstić information content (AvgIpc) is 3.02. The number of carbonyl (C=O) groups excluding carboxylic acids is 1. The maximum atomic E-state index is 12.7. The highest BCUT2D eigenvalue weighted by atomic mass is 16.6. The van der Waals surface area contributed by atoms with Gasteiger partial charge in [0.15, 0.2) is 5.79 Å². The molecule has 0 radical (unpaired) electrons. The summed E-state index contributed by atoms with van der Waals surface area (Å²) in [5.41, 5.74) is 0.214. The quantitative estimate of drug-likeness (QED) is 0.765. The summed E-state index contributed by atoms with van der Waals surface area (Å²) in [4.78, 5) is 12.7. The number of hydrogen-bond donors (Lipinski definition) is 2. The SMILES string of the molecule is CCC1C(=O)CC2C3CCC4C[C@@H](O)[C@]5(O)C[C@]4(CO5)C3CC[C@]12C. The molecule has 4 saturated carbocycles. The molecule has 5 unspecified atom stereocenters. The number of Topliss-reactive ketones (excluding diaryl/α,β-unsaturated/α-hetero) is 1. The van der Waals surface area contributed by atoms with Crippen LogP contribution in [0.2, 0.25) is 0 Å². The van der Waals surface area contributed by atoms with Gasteiger partial charge in [0, 0.05) is 24.2 Å². The number of fused-ring (bicyclic) bond motifs is 4. The number of hydrogen-bond acceptors (Lipinski definition) is 4. The fraction of sp³-hybridized carbons (Fsp3) is 0.952. The predicted molar refractivity (Wildman–Crippen MR) is 92.5 cm³/mol. The van der Waals surface area contributed by atoms with Crippen molar-refractivity contribution in [1.29, 1.82) is 0 Å². The summed E-state index contributed by atoms with van der Waals surface area (Å²) in [5.74, 6) is 1.55. The number of rotatable bonds is 1. The molecule has 5 rings (SSSR count). The largest absolute Gasteiger partial charge is 0.388 e. The topological polar surface area (TPSA) is 66.8 Å². The first kappa shape index (κ1) is 16.7. The maximum Gasteiger partial charge on any atom is 0.192 e. The molecule has 1 aliphatic heterocycles. The van der Waals surface area contributed by atoms with E-state index in [9.17, 15) is 15.0 Å². The lowest BCUT2D eigenvalue weighted by molar-refractivity contribution is -0.242. The van der Waals surface area contributed by atoms with E-state index < -0.39 is 11.9 Å². The van der Waals surface area contributed by atoms with Gasteiger partial charge in [-0.05, 0) is 67.6 Å². The van der Waals surface area contributed by atoms with Gasteiger partial charge in [0.2, 0.25) is 0 Å². The normalized spacial score (nSPS) is 60.1. The van der Waals surface area contributed by atoms with Gasteiger partial charge >= 0.3 is 0 Å². The Bertz CT molecular complexity index is 605. The first-order valence-corrected chi connectivity index (χ1v) is 10.4. The van der Waals surface area contributed by atoms with Crippen LogP contribution < -0.4 is 0 Å². The zero-order valence-electron chi connectivity index (χ0n) is 15.5. The van der Waals surface area contributed by atoms with Crippen LogP contribution in [-0.2, 0) is 9.53 Å². The van der Waals surface area contributed by atoms with Crippen LogP contribution in [0.5, 0.6) is 0 Å². The molecule has 5 fully saturated rings. The molecular weight excluding hydrogens is 316 g/mol. The molecule has 4 heteroatoms. The monoisotopic (exact) mass is 348 g/mol. The molecule has 0 aromatic heterocycles. The molecule has 0 amide bonds. The first-order valence-electron chi connectivity index (χ1n) is 10.4. The lowest BCUT2D eigenvalue weighted by Crippen LogP contribution is -2.58. The summed E-state index contributed by atoms with van der Waals surface area (Å²) in [6.07, 6.45) is 6.89. The fourth-order valence-corrected chi connectivity index (χ4v) is 8.33. The third-order valence-electron chi connectivity index (χ3n) is 9.49. The smallest absolute Gasteiger partial charge is 0.192 e. The molecule has 5 aliphatic rings. The molecular formula is C21H32O4. The summed E-state index contributed by atoms with van der Waals surface area (Å²) in [6, 6.07) is 0. The number of ether oxygens (including phenoxy) is 1. The van der Waals surface area contributed by atoms with E-state index in [2.05, 4.69) is 13.8 Å². The molecule has 140 valence electrons. The Morgan fingerprint density at radius 3 is 2.80 bits per heavy atom. The van der Waals surface area contributed by atoms with Crippen molar-refractivity contribution < 1.29 is 19.7 Å². The Morgan fingerprint density at radius 1 is 1.24 bits per heavy atom. The van der Waals surface area contributed by atoms with Crippen LogP contribution in [-0.4, -0.2) is 34.5 Å². The highest BCUT2D eigenvalue weighted by Gasteiger charge is 2.68. The second-order valence-electron chi connectivity index (χ2n) is 10.1. The van der Waals surface area contributed by atoms with E-state index >= 15 is 0 Å². The summed E-state index contributed by atoms with van der Waals surface area (Å²) in [6.45, 7) is 5.15. The fourth-order valence-electron chi connectivity index (χ4n) is 8.33. The standard InChI is InChI=1S/C21H32O4/c1-3-14-17(22)9-16-13-5-4-12-8-18(23)21(24)10-20(12,11-25-21)15(13)6-7-19(14,16)2/h12-16,18,23-24H,3-11H2,1-2H3/t12?,13?,14?,15?,16?,18-,19-,20-,21+/m1/s1. The molecule has 1 saturated heterocycles. The van der Waals surface area contributed by atoms with Gasteiger partial charge in [0.05, 0.1) is 6.61 Å². The summed E-state index contributed by atoms with van der Waals surface area (Å²) in [7, 11) is 0. The number of aliphatic hydroxyl groups excluding tert-OH is 1. The van der Waals surface area contributed by atoms with Crippen LogP contribution >= 0.6 is 0 Å². The van der Waals surface area contributed by atoms with Crippen molar-refractivity contribution >= 4 is 5.78 Å². The lowest BCUT2D eigenvalue weighted by Gasteiger charge is -2.60. The minimum Gasteiger partial charge on any atom is -0.388 e. The van der Waals surface area contributed by atoms with Gasteiger partial charge in [-0.15, -0.1) is 0 Å². The molecule has 4 aliphatic carbocycles. The number of ketones is 1. The Labute approximate surface area is 150 Å². The second kappa shape index (κ2) is 5.08. The van der Waals surface area contributed by atoms with Crippen LogP contribution in [0.1, 0.15) is 65.2 Å². The van der Waals surface area contributed by atoms with Crippen LogP contribution in [0.25, 0.3) is 0 Å². The van der Waals surface area contributed by atoms with E-state index in [1.54, 1.807) is 0 Å². The van der Waals surface area contributed by atoms with Gasteiger partial charge in [0.25, 0.3) is 0 Å². The molecule has 2 N–H and O–H groups in total. The van der Waals surface area contributed by atoms with E-state index in [1.165, 1.54) is 6.42 Å². The molecule has 9 atom stereocenters. The molecule has 1 spiro atoms. The molecule has 4 nitrogen and oxygen atoms in total. The van der Waals surface area contributed by atoms with Crippen molar-refractivity contribution in [2.24, 2.45) is 40.4 Å². The average molecular weight is 348 g/mol. The highest BCUT2D eigenvalue weighted by Crippen LogP contribution is 2.69. The van der Waals surface area contributed by atoms with Gasteiger partial charge in [-0.3, -0.25) is 4.79 Å². The van der Waals surface area contributed by atoms with Crippen LogP contribution in [0.3, 0.4) is 0 Å². The zero-order chi connectivity index (χ0) is 17.6. The van der Waals surface area contributed by atoms with Crippen LogP contribution in [0, 0.1) is 40.4 Å². The third kappa shape index (κ3) is 1.92. The van der Waals surface area contributed by atoms with Crippen molar-refractivity contribution in [2.45, 2.75) is 77.1 Å². The predicted octanol–water partition coefficient (Wildman–Crippen LogP) is 2.90. The van der Waals surface area contributed by atoms with E-state index in [-0.39, 0.29) is 16.7 Å². The molecule has 25 heavy (non-hydrogen) atoms.